The first-order valence-corrected chi connectivity index (χ1v) is 13.2. The minimum atomic E-state index is -0.506. The molecule has 0 bridgehead atoms. The van der Waals surface area contributed by atoms with Crippen LogP contribution < -0.4 is 10.1 Å². The molecule has 0 radical (unpaired) electrons. The maximum absolute atomic E-state index is 13.0. The number of methoxy groups -OCH3 is 1. The number of nitrogens with one attached hydrogen (secondary N) is 2. The van der Waals surface area contributed by atoms with Crippen LogP contribution in [0.15, 0.2) is 60.7 Å². The van der Waals surface area contributed by atoms with Gasteiger partial charge in [0.1, 0.15) is 5.75 Å². The largest absolute Gasteiger partial charge is 0.497 e. The first-order valence-electron chi connectivity index (χ1n) is 13.2. The van der Waals surface area contributed by atoms with E-state index < -0.39 is 5.41 Å². The fourth-order valence-electron chi connectivity index (χ4n) is 6.03. The summed E-state index contributed by atoms with van der Waals surface area (Å²) in [5.74, 6) is 0.992. The topological polar surface area (TPSA) is 79.5 Å². The van der Waals surface area contributed by atoms with Crippen LogP contribution in [0.5, 0.6) is 5.75 Å². The number of morpholine rings is 1. The van der Waals surface area contributed by atoms with E-state index in [0.29, 0.717) is 0 Å². The van der Waals surface area contributed by atoms with Gasteiger partial charge in [-0.15, -0.1) is 0 Å². The number of aromatic nitrogens is 2. The van der Waals surface area contributed by atoms with Crippen LogP contribution in [0.2, 0.25) is 0 Å². The van der Waals surface area contributed by atoms with Gasteiger partial charge in [-0.25, -0.2) is 0 Å². The highest BCUT2D eigenvalue weighted by molar-refractivity contribution is 6.10. The number of aromatic amines is 1. The molecule has 2 N–H and O–H groups in total. The number of ether oxygens (including phenoxy) is 2. The fourth-order valence-corrected chi connectivity index (χ4v) is 6.03. The van der Waals surface area contributed by atoms with Crippen molar-refractivity contribution in [3.63, 3.8) is 0 Å². The number of amides is 1. The van der Waals surface area contributed by atoms with Crippen LogP contribution in [0.3, 0.4) is 0 Å². The Kier molecular flexibility index (Phi) is 5.56. The molecule has 192 valence electrons. The third-order valence-corrected chi connectivity index (χ3v) is 8.26. The number of fused-ring (bicyclic) bond motifs is 3. The van der Waals surface area contributed by atoms with Gasteiger partial charge in [0.2, 0.25) is 5.91 Å². The van der Waals surface area contributed by atoms with Gasteiger partial charge in [-0.2, -0.15) is 5.10 Å². The predicted octanol–water partition coefficient (Wildman–Crippen LogP) is 4.95. The molecule has 1 saturated heterocycles. The van der Waals surface area contributed by atoms with Crippen molar-refractivity contribution < 1.29 is 14.3 Å². The number of H-pyrrole nitrogens is 1. The lowest BCUT2D eigenvalue weighted by atomic mass is 9.91. The summed E-state index contributed by atoms with van der Waals surface area (Å²) in [6, 6.07) is 20.9. The van der Waals surface area contributed by atoms with Crippen molar-refractivity contribution in [2.45, 2.75) is 24.3 Å². The molecule has 3 aliphatic rings. The van der Waals surface area contributed by atoms with E-state index in [1.807, 2.05) is 18.2 Å². The average Bonchev–Trinajstić information content (AvgIpc) is 3.50. The van der Waals surface area contributed by atoms with E-state index in [2.05, 4.69) is 75.0 Å². The Balaban J connectivity index is 1.08. The molecule has 7 heteroatoms. The second-order valence-electron chi connectivity index (χ2n) is 10.5. The Morgan fingerprint density at radius 2 is 1.92 bits per heavy atom. The molecule has 7 rings (SSSR count). The highest BCUT2D eigenvalue weighted by Crippen LogP contribution is 2.65. The fraction of sp³-hybridized carbons (Fsp3) is 0.290. The monoisotopic (exact) mass is 506 g/mol. The van der Waals surface area contributed by atoms with Gasteiger partial charge in [-0.1, -0.05) is 42.5 Å². The quantitative estimate of drug-likeness (QED) is 0.387. The van der Waals surface area contributed by atoms with Gasteiger partial charge >= 0.3 is 0 Å². The minimum absolute atomic E-state index is 0.0787. The van der Waals surface area contributed by atoms with Crippen LogP contribution in [0.4, 0.5) is 5.69 Å². The van der Waals surface area contributed by atoms with Crippen molar-refractivity contribution in [2.24, 2.45) is 0 Å². The number of anilines is 1. The summed E-state index contributed by atoms with van der Waals surface area (Å²) in [5, 5.41) is 11.9. The molecule has 2 atom stereocenters. The highest BCUT2D eigenvalue weighted by Gasteiger charge is 2.65. The van der Waals surface area contributed by atoms with Gasteiger partial charge in [0, 0.05) is 36.6 Å². The minimum Gasteiger partial charge on any atom is -0.497 e. The van der Waals surface area contributed by atoms with E-state index in [1.165, 1.54) is 5.56 Å². The smallest absolute Gasteiger partial charge is 0.235 e. The van der Waals surface area contributed by atoms with Crippen LogP contribution in [-0.2, 0) is 21.5 Å². The Hall–Kier alpha value is -3.94. The molecule has 1 aliphatic carbocycles. The Labute approximate surface area is 221 Å². The maximum Gasteiger partial charge on any atom is 0.235 e. The molecule has 7 nitrogen and oxygen atoms in total. The highest BCUT2D eigenvalue weighted by atomic mass is 16.5. The van der Waals surface area contributed by atoms with E-state index in [1.54, 1.807) is 7.11 Å². The lowest BCUT2D eigenvalue weighted by Gasteiger charge is -2.26. The molecule has 1 amide bonds. The average molecular weight is 507 g/mol. The lowest BCUT2D eigenvalue weighted by Crippen LogP contribution is -2.35. The Morgan fingerprint density at radius 3 is 2.74 bits per heavy atom. The van der Waals surface area contributed by atoms with Crippen molar-refractivity contribution in [2.75, 3.05) is 38.7 Å². The Morgan fingerprint density at radius 1 is 1.08 bits per heavy atom. The second-order valence-corrected chi connectivity index (χ2v) is 10.5. The molecular weight excluding hydrogens is 476 g/mol. The van der Waals surface area contributed by atoms with E-state index in [4.69, 9.17) is 9.47 Å². The van der Waals surface area contributed by atoms with E-state index in [9.17, 15) is 4.79 Å². The first-order chi connectivity index (χ1) is 18.6. The summed E-state index contributed by atoms with van der Waals surface area (Å²) in [6.45, 7) is 4.59. The zero-order chi connectivity index (χ0) is 25.7. The van der Waals surface area contributed by atoms with Crippen molar-refractivity contribution >= 4 is 34.6 Å². The van der Waals surface area contributed by atoms with Gasteiger partial charge in [0.05, 0.1) is 36.9 Å². The van der Waals surface area contributed by atoms with E-state index in [0.717, 1.165) is 84.0 Å². The normalized spacial score (nSPS) is 22.8. The van der Waals surface area contributed by atoms with E-state index >= 15 is 0 Å². The molecule has 38 heavy (non-hydrogen) atoms. The number of benzene rings is 3. The standard InChI is InChI=1S/C31H30N4O3/c1-37-23-8-11-28-25(17-23)31(30(36)32-28)18-26(31)22-7-9-24-27(33-34-29(24)16-22)10-6-20-2-4-21(5-3-20)19-35-12-14-38-15-13-35/h2-11,16-17,26H,12-15,18-19H2,1H3,(H,32,36)(H,33,34)/b10-6+/t26?,31-/m0/s1. The summed E-state index contributed by atoms with van der Waals surface area (Å²) in [6.07, 6.45) is 4.96. The lowest BCUT2D eigenvalue weighted by molar-refractivity contribution is -0.118. The summed E-state index contributed by atoms with van der Waals surface area (Å²) in [7, 11) is 1.66. The number of carbonyl (C=O) groups is 1. The van der Waals surface area contributed by atoms with Gasteiger partial charge in [-0.05, 0) is 59.0 Å². The van der Waals surface area contributed by atoms with Crippen molar-refractivity contribution in [3.8, 4) is 5.75 Å². The first kappa shape index (κ1) is 23.2. The molecular formula is C31H30N4O3. The molecule has 1 saturated carbocycles. The van der Waals surface area contributed by atoms with Gasteiger partial charge in [0.25, 0.3) is 0 Å². The summed E-state index contributed by atoms with van der Waals surface area (Å²) in [5.41, 5.74) is 6.92. The number of rotatable bonds is 6. The molecule has 2 fully saturated rings. The van der Waals surface area contributed by atoms with E-state index in [-0.39, 0.29) is 11.8 Å². The van der Waals surface area contributed by atoms with Crippen LogP contribution >= 0.6 is 0 Å². The number of carbonyl (C=O) groups excluding carboxylic acids is 1. The third-order valence-electron chi connectivity index (χ3n) is 8.26. The maximum atomic E-state index is 13.0. The molecule has 2 aliphatic heterocycles. The molecule has 1 unspecified atom stereocenters. The summed E-state index contributed by atoms with van der Waals surface area (Å²) in [4.78, 5) is 15.4. The number of hydrogen-bond donors (Lipinski definition) is 2. The van der Waals surface area contributed by atoms with Crippen molar-refractivity contribution in [1.29, 1.82) is 0 Å². The van der Waals surface area contributed by atoms with Crippen LogP contribution in [0.25, 0.3) is 23.1 Å². The zero-order valence-electron chi connectivity index (χ0n) is 21.4. The summed E-state index contributed by atoms with van der Waals surface area (Å²) >= 11 is 0. The third kappa shape index (κ3) is 3.90. The van der Waals surface area contributed by atoms with Crippen LogP contribution in [-0.4, -0.2) is 54.4 Å². The van der Waals surface area contributed by atoms with Crippen LogP contribution in [0.1, 0.15) is 40.3 Å². The van der Waals surface area contributed by atoms with Gasteiger partial charge in [-0.3, -0.25) is 14.8 Å². The van der Waals surface area contributed by atoms with Crippen molar-refractivity contribution in [3.05, 3.63) is 88.6 Å². The van der Waals surface area contributed by atoms with Crippen molar-refractivity contribution in [1.82, 2.24) is 15.1 Å². The van der Waals surface area contributed by atoms with Crippen LogP contribution in [0, 0.1) is 0 Å². The number of nitrogens with zero attached hydrogens (tertiary/aromatic N) is 2. The van der Waals surface area contributed by atoms with Gasteiger partial charge in [0.15, 0.2) is 0 Å². The second kappa shape index (κ2) is 9.11. The van der Waals surface area contributed by atoms with Gasteiger partial charge < -0.3 is 14.8 Å². The zero-order valence-corrected chi connectivity index (χ0v) is 21.4. The summed E-state index contributed by atoms with van der Waals surface area (Å²) < 4.78 is 10.9. The Bertz CT molecular complexity index is 1550. The molecule has 4 aromatic rings. The predicted molar refractivity (Wildman–Crippen MR) is 148 cm³/mol. The number of hydrogen-bond acceptors (Lipinski definition) is 5. The molecule has 1 aromatic heterocycles. The SMILES string of the molecule is COc1ccc2c(c1)[C@]1(CC1c1ccc3c(/C=C/c4ccc(CN5CCOCC5)cc4)n[nH]c3c1)C(=O)N2. The molecule has 3 aromatic carbocycles. The molecule has 3 heterocycles. The molecule has 1 spiro atoms.